The second kappa shape index (κ2) is 7.73. The Morgan fingerprint density at radius 1 is 1.32 bits per heavy atom. The summed E-state index contributed by atoms with van der Waals surface area (Å²) in [4.78, 5) is 16.5. The van der Waals surface area contributed by atoms with Gasteiger partial charge in [-0.3, -0.25) is 4.79 Å². The van der Waals surface area contributed by atoms with Crippen LogP contribution in [0.25, 0.3) is 0 Å². The first-order chi connectivity index (χ1) is 10.6. The van der Waals surface area contributed by atoms with Crippen molar-refractivity contribution in [1.29, 1.82) is 0 Å². The number of carbonyl (C=O) groups excluding carboxylic acids is 1. The average Bonchev–Trinajstić information content (AvgIpc) is 2.92. The van der Waals surface area contributed by atoms with Crippen LogP contribution >= 0.6 is 0 Å². The van der Waals surface area contributed by atoms with E-state index < -0.39 is 0 Å². The fourth-order valence-electron chi connectivity index (χ4n) is 2.38. The van der Waals surface area contributed by atoms with Gasteiger partial charge < -0.3 is 9.88 Å². The normalized spacial score (nSPS) is 12.1. The number of aryl methyl sites for hydroxylation is 1. The van der Waals surface area contributed by atoms with E-state index in [1.165, 1.54) is 12.1 Å². The largest absolute Gasteiger partial charge is 0.342 e. The van der Waals surface area contributed by atoms with Crippen molar-refractivity contribution in [3.8, 4) is 0 Å². The van der Waals surface area contributed by atoms with E-state index in [4.69, 9.17) is 0 Å². The number of hydrogen-bond donors (Lipinski definition) is 1. The van der Waals surface area contributed by atoms with Gasteiger partial charge in [0.1, 0.15) is 17.7 Å². The minimum Gasteiger partial charge on any atom is -0.342 e. The van der Waals surface area contributed by atoms with Crippen molar-refractivity contribution in [2.75, 3.05) is 0 Å². The molecule has 1 aromatic carbocycles. The van der Waals surface area contributed by atoms with Crippen LogP contribution in [0.5, 0.6) is 0 Å². The summed E-state index contributed by atoms with van der Waals surface area (Å²) in [7, 11) is 1.88. The summed E-state index contributed by atoms with van der Waals surface area (Å²) in [5.41, 5.74) is 0.819. The van der Waals surface area contributed by atoms with Crippen molar-refractivity contribution in [1.82, 2.24) is 14.9 Å². The number of aromatic nitrogens is 2. The summed E-state index contributed by atoms with van der Waals surface area (Å²) >= 11 is 0. The number of unbranched alkanes of at least 4 members (excludes halogenated alkanes) is 2. The Hall–Kier alpha value is -2.17. The first-order valence-corrected chi connectivity index (χ1v) is 7.64. The second-order valence-electron chi connectivity index (χ2n) is 5.41. The predicted molar refractivity (Wildman–Crippen MR) is 83.7 cm³/mol. The molecule has 4 nitrogen and oxygen atoms in total. The third-order valence-corrected chi connectivity index (χ3v) is 3.63. The average molecular weight is 303 g/mol. The first kappa shape index (κ1) is 16.2. The molecule has 1 N–H and O–H groups in total. The Kier molecular flexibility index (Phi) is 5.69. The van der Waals surface area contributed by atoms with Crippen LogP contribution in [0.1, 0.15) is 50.0 Å². The standard InChI is InChI=1S/C17H22FN3O/c1-3-4-5-6-15(22)20-16(17-19-11-12-21(17)2)13-7-9-14(18)10-8-13/h7-12,16H,3-6H2,1-2H3,(H,20,22). The van der Waals surface area contributed by atoms with E-state index in [0.717, 1.165) is 30.7 Å². The Bertz CT molecular complexity index is 607. The molecule has 2 aromatic rings. The van der Waals surface area contributed by atoms with Crippen LogP contribution in [0.4, 0.5) is 4.39 Å². The van der Waals surface area contributed by atoms with Crippen molar-refractivity contribution in [3.63, 3.8) is 0 Å². The van der Waals surface area contributed by atoms with Gasteiger partial charge >= 0.3 is 0 Å². The lowest BCUT2D eigenvalue weighted by Gasteiger charge is -2.19. The zero-order valence-corrected chi connectivity index (χ0v) is 13.1. The molecule has 118 valence electrons. The third kappa shape index (κ3) is 4.16. The first-order valence-electron chi connectivity index (χ1n) is 7.64. The molecule has 0 radical (unpaired) electrons. The van der Waals surface area contributed by atoms with Crippen LogP contribution in [0.2, 0.25) is 0 Å². The lowest BCUT2D eigenvalue weighted by Crippen LogP contribution is -2.30. The fraction of sp³-hybridized carbons (Fsp3) is 0.412. The molecule has 1 aromatic heterocycles. The Labute approximate surface area is 130 Å². The molecule has 22 heavy (non-hydrogen) atoms. The highest BCUT2D eigenvalue weighted by atomic mass is 19.1. The lowest BCUT2D eigenvalue weighted by atomic mass is 10.1. The molecule has 0 aliphatic rings. The number of rotatable bonds is 7. The molecule has 1 atom stereocenters. The Morgan fingerprint density at radius 2 is 2.05 bits per heavy atom. The van der Waals surface area contributed by atoms with Crippen LogP contribution in [0, 0.1) is 5.82 Å². The molecule has 2 rings (SSSR count). The topological polar surface area (TPSA) is 46.9 Å². The van der Waals surface area contributed by atoms with Gasteiger partial charge in [-0.25, -0.2) is 9.37 Å². The van der Waals surface area contributed by atoms with E-state index in [1.54, 1.807) is 18.3 Å². The highest BCUT2D eigenvalue weighted by molar-refractivity contribution is 5.76. The summed E-state index contributed by atoms with van der Waals surface area (Å²) in [6.07, 6.45) is 7.00. The smallest absolute Gasteiger partial charge is 0.220 e. The monoisotopic (exact) mass is 303 g/mol. The van der Waals surface area contributed by atoms with Gasteiger partial charge in [0.05, 0.1) is 0 Å². The van der Waals surface area contributed by atoms with Gasteiger partial charge in [-0.2, -0.15) is 0 Å². The number of carbonyl (C=O) groups is 1. The molecule has 1 heterocycles. The molecule has 0 saturated heterocycles. The number of nitrogens with zero attached hydrogens (tertiary/aromatic N) is 2. The summed E-state index contributed by atoms with van der Waals surface area (Å²) in [6, 6.07) is 5.79. The van der Waals surface area contributed by atoms with Crippen molar-refractivity contribution < 1.29 is 9.18 Å². The lowest BCUT2D eigenvalue weighted by molar-refractivity contribution is -0.121. The van der Waals surface area contributed by atoms with Gasteiger partial charge in [-0.1, -0.05) is 31.9 Å². The second-order valence-corrected chi connectivity index (χ2v) is 5.41. The highest BCUT2D eigenvalue weighted by Crippen LogP contribution is 2.21. The number of nitrogens with one attached hydrogen (secondary N) is 1. The summed E-state index contributed by atoms with van der Waals surface area (Å²) in [5, 5.41) is 3.01. The van der Waals surface area contributed by atoms with Crippen molar-refractivity contribution in [2.24, 2.45) is 7.05 Å². The molecule has 0 bridgehead atoms. The van der Waals surface area contributed by atoms with Crippen molar-refractivity contribution in [2.45, 2.75) is 38.6 Å². The van der Waals surface area contributed by atoms with E-state index in [9.17, 15) is 9.18 Å². The molecule has 0 fully saturated rings. The number of amides is 1. The van der Waals surface area contributed by atoms with Gasteiger partial charge in [0, 0.05) is 25.9 Å². The SMILES string of the molecule is CCCCCC(=O)NC(c1ccc(F)cc1)c1nccn1C. The maximum Gasteiger partial charge on any atom is 0.220 e. The molecule has 0 spiro atoms. The van der Waals surface area contributed by atoms with Crippen LogP contribution in [0.15, 0.2) is 36.7 Å². The molecule has 1 amide bonds. The van der Waals surface area contributed by atoms with E-state index in [0.29, 0.717) is 6.42 Å². The molecular weight excluding hydrogens is 281 g/mol. The molecule has 0 saturated carbocycles. The van der Waals surface area contributed by atoms with E-state index in [1.807, 2.05) is 17.8 Å². The molecule has 5 heteroatoms. The Balaban J connectivity index is 2.17. The summed E-state index contributed by atoms with van der Waals surface area (Å²) in [5.74, 6) is 0.429. The molecule has 1 unspecified atom stereocenters. The van der Waals surface area contributed by atoms with Gasteiger partial charge in [0.2, 0.25) is 5.91 Å². The van der Waals surface area contributed by atoms with Crippen LogP contribution < -0.4 is 5.32 Å². The molecular formula is C17H22FN3O. The quantitative estimate of drug-likeness (QED) is 0.797. The fourth-order valence-corrected chi connectivity index (χ4v) is 2.38. The maximum atomic E-state index is 13.1. The highest BCUT2D eigenvalue weighted by Gasteiger charge is 2.20. The van der Waals surface area contributed by atoms with Crippen molar-refractivity contribution in [3.05, 3.63) is 53.9 Å². The predicted octanol–water partition coefficient (Wildman–Crippen LogP) is 3.35. The number of halogens is 1. The maximum absolute atomic E-state index is 13.1. The van der Waals surface area contributed by atoms with Crippen LogP contribution in [-0.4, -0.2) is 15.5 Å². The van der Waals surface area contributed by atoms with Gasteiger partial charge in [-0.15, -0.1) is 0 Å². The number of benzene rings is 1. The summed E-state index contributed by atoms with van der Waals surface area (Å²) in [6.45, 7) is 2.10. The van der Waals surface area contributed by atoms with Crippen LogP contribution in [0.3, 0.4) is 0 Å². The number of hydrogen-bond acceptors (Lipinski definition) is 2. The third-order valence-electron chi connectivity index (χ3n) is 3.63. The number of imidazole rings is 1. The summed E-state index contributed by atoms with van der Waals surface area (Å²) < 4.78 is 15.0. The van der Waals surface area contributed by atoms with Crippen molar-refractivity contribution >= 4 is 5.91 Å². The van der Waals surface area contributed by atoms with Crippen LogP contribution in [-0.2, 0) is 11.8 Å². The van der Waals surface area contributed by atoms with Gasteiger partial charge in [0.25, 0.3) is 0 Å². The van der Waals surface area contributed by atoms with E-state index >= 15 is 0 Å². The molecule has 0 aliphatic carbocycles. The molecule has 0 aliphatic heterocycles. The minimum atomic E-state index is -0.366. The van der Waals surface area contributed by atoms with E-state index in [-0.39, 0.29) is 17.8 Å². The van der Waals surface area contributed by atoms with Gasteiger partial charge in [0.15, 0.2) is 0 Å². The zero-order chi connectivity index (χ0) is 15.9. The van der Waals surface area contributed by atoms with E-state index in [2.05, 4.69) is 17.2 Å². The zero-order valence-electron chi connectivity index (χ0n) is 13.1. The minimum absolute atomic E-state index is 0.00854. The Morgan fingerprint density at radius 3 is 2.64 bits per heavy atom. The van der Waals surface area contributed by atoms with Gasteiger partial charge in [-0.05, 0) is 24.1 Å².